The second-order valence-corrected chi connectivity index (χ2v) is 5.48. The van der Waals surface area contributed by atoms with Crippen molar-refractivity contribution < 1.29 is 14.3 Å². The van der Waals surface area contributed by atoms with Crippen LogP contribution in [0, 0.1) is 0 Å². The van der Waals surface area contributed by atoms with Crippen LogP contribution in [0.3, 0.4) is 0 Å². The molecule has 4 nitrogen and oxygen atoms in total. The molecule has 0 aliphatic carbocycles. The van der Waals surface area contributed by atoms with Crippen molar-refractivity contribution in [1.82, 2.24) is 4.90 Å². The molecule has 0 bridgehead atoms. The van der Waals surface area contributed by atoms with Crippen LogP contribution < -0.4 is 0 Å². The van der Waals surface area contributed by atoms with Crippen LogP contribution in [0.25, 0.3) is 11.1 Å². The summed E-state index contributed by atoms with van der Waals surface area (Å²) >= 11 is 0. The van der Waals surface area contributed by atoms with Crippen molar-refractivity contribution in [2.45, 2.75) is 20.3 Å². The third-order valence-corrected chi connectivity index (χ3v) is 3.64. The normalized spacial score (nSPS) is 10.2. The first-order valence-corrected chi connectivity index (χ1v) is 8.26. The van der Waals surface area contributed by atoms with Crippen LogP contribution in [0.15, 0.2) is 54.6 Å². The lowest BCUT2D eigenvalue weighted by Gasteiger charge is -2.21. The molecular formula is C20H23NO3. The first-order chi connectivity index (χ1) is 11.7. The smallest absolute Gasteiger partial charge is 0.325 e. The molecule has 4 heteroatoms. The topological polar surface area (TPSA) is 46.6 Å². The molecule has 0 atom stereocenters. The third kappa shape index (κ3) is 4.69. The van der Waals surface area contributed by atoms with Gasteiger partial charge in [-0.25, -0.2) is 0 Å². The van der Waals surface area contributed by atoms with Gasteiger partial charge < -0.3 is 9.64 Å². The van der Waals surface area contributed by atoms with E-state index in [2.05, 4.69) is 0 Å². The molecule has 0 N–H and O–H groups in total. The van der Waals surface area contributed by atoms with Crippen molar-refractivity contribution in [2.75, 3.05) is 19.7 Å². The summed E-state index contributed by atoms with van der Waals surface area (Å²) in [5.74, 6) is -0.523. The molecule has 24 heavy (non-hydrogen) atoms. The zero-order chi connectivity index (χ0) is 17.4. The second-order valence-electron chi connectivity index (χ2n) is 5.48. The lowest BCUT2D eigenvalue weighted by molar-refractivity contribution is -0.143. The molecule has 0 aromatic heterocycles. The summed E-state index contributed by atoms with van der Waals surface area (Å²) in [5.41, 5.74) is 2.74. The van der Waals surface area contributed by atoms with Crippen LogP contribution >= 0.6 is 0 Å². The van der Waals surface area contributed by atoms with E-state index in [1.54, 1.807) is 19.1 Å². The average Bonchev–Trinajstić information content (AvgIpc) is 2.62. The SMILES string of the molecule is CCCN(CC(=O)OCC)C(=O)c1ccc(-c2ccccc2)cc1. The van der Waals surface area contributed by atoms with Gasteiger partial charge in [-0.3, -0.25) is 9.59 Å². The van der Waals surface area contributed by atoms with Crippen LogP contribution in [-0.2, 0) is 9.53 Å². The Bertz CT molecular complexity index is 665. The van der Waals surface area contributed by atoms with Crippen molar-refractivity contribution in [1.29, 1.82) is 0 Å². The van der Waals surface area contributed by atoms with E-state index in [0.29, 0.717) is 18.7 Å². The number of amides is 1. The van der Waals surface area contributed by atoms with Crippen LogP contribution in [0.5, 0.6) is 0 Å². The molecule has 0 unspecified atom stereocenters. The second kappa shape index (κ2) is 8.87. The molecule has 0 aliphatic heterocycles. The largest absolute Gasteiger partial charge is 0.465 e. The highest BCUT2D eigenvalue weighted by atomic mass is 16.5. The standard InChI is InChI=1S/C20H23NO3/c1-3-14-21(15-19(22)24-4-2)20(23)18-12-10-17(11-13-18)16-8-6-5-7-9-16/h5-13H,3-4,14-15H2,1-2H3. The first-order valence-electron chi connectivity index (χ1n) is 8.26. The number of ether oxygens (including phenoxy) is 1. The first kappa shape index (κ1) is 17.7. The fraction of sp³-hybridized carbons (Fsp3) is 0.300. The number of rotatable bonds is 7. The van der Waals surface area contributed by atoms with Gasteiger partial charge in [-0.2, -0.15) is 0 Å². The molecule has 1 amide bonds. The van der Waals surface area contributed by atoms with E-state index >= 15 is 0 Å². The Kier molecular flexibility index (Phi) is 6.55. The Balaban J connectivity index is 2.13. The molecular weight excluding hydrogens is 302 g/mol. The van der Waals surface area contributed by atoms with Crippen LogP contribution in [0.4, 0.5) is 0 Å². The zero-order valence-electron chi connectivity index (χ0n) is 14.2. The van der Waals surface area contributed by atoms with Crippen LogP contribution in [0.2, 0.25) is 0 Å². The molecule has 0 saturated heterocycles. The molecule has 0 fully saturated rings. The van der Waals surface area contributed by atoms with Crippen LogP contribution in [-0.4, -0.2) is 36.5 Å². The Hall–Kier alpha value is -2.62. The Morgan fingerprint density at radius 1 is 0.917 bits per heavy atom. The van der Waals surface area contributed by atoms with E-state index in [9.17, 15) is 9.59 Å². The minimum absolute atomic E-state index is 0.0129. The Morgan fingerprint density at radius 2 is 1.54 bits per heavy atom. The fourth-order valence-corrected chi connectivity index (χ4v) is 2.50. The number of benzene rings is 2. The highest BCUT2D eigenvalue weighted by Crippen LogP contribution is 2.19. The Morgan fingerprint density at radius 3 is 2.12 bits per heavy atom. The van der Waals surface area contributed by atoms with Crippen molar-refractivity contribution in [3.05, 3.63) is 60.2 Å². The van der Waals surface area contributed by atoms with Gasteiger partial charge in [0.15, 0.2) is 0 Å². The third-order valence-electron chi connectivity index (χ3n) is 3.64. The number of hydrogen-bond acceptors (Lipinski definition) is 3. The summed E-state index contributed by atoms with van der Waals surface area (Å²) in [6.07, 6.45) is 0.785. The predicted octanol–water partition coefficient (Wildman–Crippen LogP) is 3.77. The molecule has 0 heterocycles. The van der Waals surface area contributed by atoms with Crippen molar-refractivity contribution >= 4 is 11.9 Å². The van der Waals surface area contributed by atoms with Crippen molar-refractivity contribution in [2.24, 2.45) is 0 Å². The maximum Gasteiger partial charge on any atom is 0.325 e. The number of esters is 1. The maximum absolute atomic E-state index is 12.6. The minimum atomic E-state index is -0.375. The minimum Gasteiger partial charge on any atom is -0.465 e. The lowest BCUT2D eigenvalue weighted by atomic mass is 10.0. The summed E-state index contributed by atoms with van der Waals surface area (Å²) in [5, 5.41) is 0. The number of carbonyl (C=O) groups excluding carboxylic acids is 2. The molecule has 2 aromatic rings. The fourth-order valence-electron chi connectivity index (χ4n) is 2.50. The number of hydrogen-bond donors (Lipinski definition) is 0. The quantitative estimate of drug-likeness (QED) is 0.728. The molecule has 2 rings (SSSR count). The van der Waals surface area contributed by atoms with E-state index < -0.39 is 0 Å². The number of nitrogens with zero attached hydrogens (tertiary/aromatic N) is 1. The van der Waals surface area contributed by atoms with Crippen LogP contribution in [0.1, 0.15) is 30.6 Å². The van der Waals surface area contributed by atoms with Gasteiger partial charge in [0.1, 0.15) is 6.54 Å². The van der Waals surface area contributed by atoms with Gasteiger partial charge in [-0.1, -0.05) is 49.4 Å². The molecule has 0 aliphatic rings. The van der Waals surface area contributed by atoms with E-state index in [4.69, 9.17) is 4.74 Å². The van der Waals surface area contributed by atoms with Gasteiger partial charge >= 0.3 is 5.97 Å². The average molecular weight is 325 g/mol. The number of carbonyl (C=O) groups is 2. The predicted molar refractivity (Wildman–Crippen MR) is 94.7 cm³/mol. The summed E-state index contributed by atoms with van der Waals surface area (Å²) in [6, 6.07) is 17.5. The van der Waals surface area contributed by atoms with E-state index in [0.717, 1.165) is 17.5 Å². The van der Waals surface area contributed by atoms with Crippen molar-refractivity contribution in [3.8, 4) is 11.1 Å². The summed E-state index contributed by atoms with van der Waals surface area (Å²) in [6.45, 7) is 4.56. The van der Waals surface area contributed by atoms with Gasteiger partial charge in [0.25, 0.3) is 5.91 Å². The summed E-state index contributed by atoms with van der Waals surface area (Å²) < 4.78 is 4.95. The molecule has 0 saturated carbocycles. The zero-order valence-corrected chi connectivity index (χ0v) is 14.2. The molecule has 2 aromatic carbocycles. The van der Waals surface area contributed by atoms with Gasteiger partial charge in [0.05, 0.1) is 6.61 Å². The van der Waals surface area contributed by atoms with E-state index in [1.165, 1.54) is 4.90 Å². The Labute approximate surface area is 143 Å². The van der Waals surface area contributed by atoms with E-state index in [1.807, 2.05) is 49.4 Å². The van der Waals surface area contributed by atoms with Crippen molar-refractivity contribution in [3.63, 3.8) is 0 Å². The van der Waals surface area contributed by atoms with Gasteiger partial charge in [-0.15, -0.1) is 0 Å². The summed E-state index contributed by atoms with van der Waals surface area (Å²) in [7, 11) is 0. The highest BCUT2D eigenvalue weighted by Gasteiger charge is 2.18. The lowest BCUT2D eigenvalue weighted by Crippen LogP contribution is -2.37. The molecule has 0 radical (unpaired) electrons. The van der Waals surface area contributed by atoms with Gasteiger partial charge in [0, 0.05) is 12.1 Å². The highest BCUT2D eigenvalue weighted by molar-refractivity contribution is 5.96. The van der Waals surface area contributed by atoms with E-state index in [-0.39, 0.29) is 18.4 Å². The molecule has 0 spiro atoms. The monoisotopic (exact) mass is 325 g/mol. The summed E-state index contributed by atoms with van der Waals surface area (Å²) in [4.78, 5) is 25.9. The van der Waals surface area contributed by atoms with Gasteiger partial charge in [-0.05, 0) is 36.6 Å². The maximum atomic E-state index is 12.6. The molecule has 126 valence electrons. The van der Waals surface area contributed by atoms with Gasteiger partial charge in [0.2, 0.25) is 0 Å².